The van der Waals surface area contributed by atoms with E-state index in [-0.39, 0.29) is 5.17 Å². The van der Waals surface area contributed by atoms with Crippen molar-refractivity contribution in [3.05, 3.63) is 11.5 Å². The second-order valence-corrected chi connectivity index (χ2v) is 2.99. The molecule has 0 unspecified atom stereocenters. The maximum Gasteiger partial charge on any atom is 0.435 e. The zero-order valence-electron chi connectivity index (χ0n) is 8.64. The average molecular weight is 232 g/mol. The van der Waals surface area contributed by atoms with Crippen LogP contribution in [-0.4, -0.2) is 31.6 Å². The van der Waals surface area contributed by atoms with E-state index in [0.717, 1.165) is 11.8 Å². The van der Waals surface area contributed by atoms with Gasteiger partial charge in [-0.05, 0) is 12.3 Å². The van der Waals surface area contributed by atoms with Crippen LogP contribution >= 0.6 is 11.8 Å². The summed E-state index contributed by atoms with van der Waals surface area (Å²) in [5.41, 5.74) is 0. The Hall–Kier alpha value is -1.50. The summed E-state index contributed by atoms with van der Waals surface area (Å²) in [5.74, 6) is 0. The number of thioether (sulfide) groups is 1. The second kappa shape index (κ2) is 7.86. The zero-order chi connectivity index (χ0) is 11.7. The minimum Gasteiger partial charge on any atom is -0.453 e. The molecule has 2 amide bonds. The van der Waals surface area contributed by atoms with Crippen molar-refractivity contribution < 1.29 is 19.1 Å². The van der Waals surface area contributed by atoms with Crippen LogP contribution in [0.4, 0.5) is 9.59 Å². The van der Waals surface area contributed by atoms with E-state index in [1.54, 1.807) is 18.4 Å². The number of allylic oxidation sites excluding steroid dienone is 1. The number of nitrogens with one attached hydrogen (secondary N) is 1. The minimum atomic E-state index is -0.793. The molecule has 0 aliphatic rings. The first-order chi connectivity index (χ1) is 7.13. The largest absolute Gasteiger partial charge is 0.453 e. The van der Waals surface area contributed by atoms with Crippen molar-refractivity contribution in [3.63, 3.8) is 0 Å². The first-order valence-electron chi connectivity index (χ1n) is 3.93. The average Bonchev–Trinajstić information content (AvgIpc) is 2.25. The number of nitrogens with zero attached hydrogens (tertiary/aromatic N) is 1. The Morgan fingerprint density at radius 3 is 2.47 bits per heavy atom. The van der Waals surface area contributed by atoms with Gasteiger partial charge >= 0.3 is 12.2 Å². The molecule has 0 saturated heterocycles. The van der Waals surface area contributed by atoms with Gasteiger partial charge in [0.15, 0.2) is 5.17 Å². The molecule has 0 heterocycles. The molecule has 1 N–H and O–H groups in total. The van der Waals surface area contributed by atoms with Crippen LogP contribution in [0.5, 0.6) is 0 Å². The molecule has 6 nitrogen and oxygen atoms in total. The van der Waals surface area contributed by atoms with Crippen molar-refractivity contribution in [1.82, 2.24) is 5.32 Å². The van der Waals surface area contributed by atoms with E-state index < -0.39 is 12.2 Å². The molecule has 0 aliphatic carbocycles. The first kappa shape index (κ1) is 13.5. The van der Waals surface area contributed by atoms with Gasteiger partial charge < -0.3 is 9.47 Å². The van der Waals surface area contributed by atoms with Gasteiger partial charge in [-0.2, -0.15) is 4.99 Å². The number of hydrogen-bond donors (Lipinski definition) is 1. The van der Waals surface area contributed by atoms with E-state index in [1.165, 1.54) is 14.2 Å². The molecular formula is C8H12N2O4S. The van der Waals surface area contributed by atoms with Crippen molar-refractivity contribution in [2.24, 2.45) is 4.99 Å². The van der Waals surface area contributed by atoms with E-state index in [4.69, 9.17) is 0 Å². The fourth-order valence-electron chi connectivity index (χ4n) is 0.483. The molecule has 7 heteroatoms. The third kappa shape index (κ3) is 6.55. The van der Waals surface area contributed by atoms with Gasteiger partial charge in [0.25, 0.3) is 0 Å². The third-order valence-corrected chi connectivity index (χ3v) is 1.90. The molecule has 0 saturated carbocycles. The molecular weight excluding hydrogens is 220 g/mol. The van der Waals surface area contributed by atoms with Gasteiger partial charge in [0, 0.05) is 0 Å². The van der Waals surface area contributed by atoms with Gasteiger partial charge in [0.05, 0.1) is 14.2 Å². The van der Waals surface area contributed by atoms with Crippen molar-refractivity contribution in [1.29, 1.82) is 0 Å². The number of hydrogen-bond acceptors (Lipinski definition) is 5. The maximum atomic E-state index is 10.9. The lowest BCUT2D eigenvalue weighted by Gasteiger charge is -2.03. The quantitative estimate of drug-likeness (QED) is 0.550. The SMILES string of the molecule is CC=CSC(=NC(=O)OC)NC(=O)OC. The van der Waals surface area contributed by atoms with E-state index in [0.29, 0.717) is 0 Å². The maximum absolute atomic E-state index is 10.9. The van der Waals surface area contributed by atoms with Crippen LogP contribution in [0.3, 0.4) is 0 Å². The molecule has 0 radical (unpaired) electrons. The standard InChI is InChI=1S/C8H12N2O4S/c1-4-5-15-6(9-7(11)13-2)10-8(12)14-3/h4-5H,1-3H3,(H,9,10,11,12). The molecule has 0 spiro atoms. The Balaban J connectivity index is 4.49. The Morgan fingerprint density at radius 2 is 2.00 bits per heavy atom. The lowest BCUT2D eigenvalue weighted by Crippen LogP contribution is -2.28. The summed E-state index contributed by atoms with van der Waals surface area (Å²) in [6, 6.07) is 0. The molecule has 0 fully saturated rings. The van der Waals surface area contributed by atoms with Crippen molar-refractivity contribution in [2.45, 2.75) is 6.92 Å². The number of amides is 2. The van der Waals surface area contributed by atoms with Gasteiger partial charge in [0.2, 0.25) is 0 Å². The van der Waals surface area contributed by atoms with E-state index in [9.17, 15) is 9.59 Å². The molecule has 15 heavy (non-hydrogen) atoms. The smallest absolute Gasteiger partial charge is 0.435 e. The molecule has 0 aromatic heterocycles. The van der Waals surface area contributed by atoms with E-state index in [1.807, 2.05) is 0 Å². The number of carbonyl (C=O) groups excluding carboxylic acids is 2. The van der Waals surface area contributed by atoms with Crippen molar-refractivity contribution >= 4 is 29.1 Å². The van der Waals surface area contributed by atoms with Gasteiger partial charge in [0.1, 0.15) is 0 Å². The van der Waals surface area contributed by atoms with Crippen LogP contribution in [0.1, 0.15) is 6.92 Å². The summed E-state index contributed by atoms with van der Waals surface area (Å²) in [6.45, 7) is 1.79. The lowest BCUT2D eigenvalue weighted by molar-refractivity contribution is 0.176. The molecule has 0 rings (SSSR count). The molecule has 0 aromatic carbocycles. The highest BCUT2D eigenvalue weighted by atomic mass is 32.2. The summed E-state index contributed by atoms with van der Waals surface area (Å²) < 4.78 is 8.68. The highest BCUT2D eigenvalue weighted by molar-refractivity contribution is 8.16. The van der Waals surface area contributed by atoms with Crippen LogP contribution in [0.25, 0.3) is 0 Å². The Morgan fingerprint density at radius 1 is 1.33 bits per heavy atom. The fraction of sp³-hybridized carbons (Fsp3) is 0.375. The van der Waals surface area contributed by atoms with Crippen LogP contribution in [0.2, 0.25) is 0 Å². The lowest BCUT2D eigenvalue weighted by atomic mass is 10.8. The second-order valence-electron chi connectivity index (χ2n) is 2.09. The molecule has 0 atom stereocenters. The van der Waals surface area contributed by atoms with Gasteiger partial charge in [-0.1, -0.05) is 17.8 Å². The number of methoxy groups -OCH3 is 2. The minimum absolute atomic E-state index is 0.0896. The van der Waals surface area contributed by atoms with Crippen molar-refractivity contribution in [3.8, 4) is 0 Å². The molecule has 84 valence electrons. The topological polar surface area (TPSA) is 77.0 Å². The monoisotopic (exact) mass is 232 g/mol. The highest BCUT2D eigenvalue weighted by Crippen LogP contribution is 2.04. The Labute approximate surface area is 91.7 Å². The van der Waals surface area contributed by atoms with Crippen LogP contribution in [0, 0.1) is 0 Å². The summed E-state index contributed by atoms with van der Waals surface area (Å²) in [5, 5.41) is 4.01. The number of rotatable bonds is 1. The van der Waals surface area contributed by atoms with Gasteiger partial charge in [-0.15, -0.1) is 0 Å². The van der Waals surface area contributed by atoms with Gasteiger partial charge in [-0.3, -0.25) is 5.32 Å². The Bertz CT molecular complexity index is 288. The fourth-order valence-corrected chi connectivity index (χ4v) is 1.02. The van der Waals surface area contributed by atoms with Crippen LogP contribution in [0.15, 0.2) is 16.5 Å². The van der Waals surface area contributed by atoms with Crippen LogP contribution in [-0.2, 0) is 9.47 Å². The number of alkyl carbamates (subject to hydrolysis) is 1. The third-order valence-electron chi connectivity index (χ3n) is 1.08. The first-order valence-corrected chi connectivity index (χ1v) is 4.81. The Kier molecular flexibility index (Phi) is 7.08. The van der Waals surface area contributed by atoms with Gasteiger partial charge in [-0.25, -0.2) is 9.59 Å². The van der Waals surface area contributed by atoms with E-state index >= 15 is 0 Å². The predicted molar refractivity (Wildman–Crippen MR) is 57.8 cm³/mol. The summed E-state index contributed by atoms with van der Waals surface area (Å²) in [7, 11) is 2.41. The number of amidine groups is 1. The molecule has 0 aliphatic heterocycles. The normalized spacial score (nSPS) is 11.3. The number of carbonyl (C=O) groups is 2. The summed E-state index contributed by atoms with van der Waals surface area (Å²) >= 11 is 1.07. The molecule has 0 aromatic rings. The summed E-state index contributed by atoms with van der Waals surface area (Å²) in [6.07, 6.45) is 0.240. The zero-order valence-corrected chi connectivity index (χ0v) is 9.46. The highest BCUT2D eigenvalue weighted by Gasteiger charge is 2.07. The number of aliphatic imine (C=N–C) groups is 1. The summed E-state index contributed by atoms with van der Waals surface area (Å²) in [4.78, 5) is 25.1. The number of ether oxygens (including phenoxy) is 2. The van der Waals surface area contributed by atoms with Crippen molar-refractivity contribution in [2.75, 3.05) is 14.2 Å². The van der Waals surface area contributed by atoms with E-state index in [2.05, 4.69) is 19.8 Å². The molecule has 0 bridgehead atoms. The predicted octanol–water partition coefficient (Wildman–Crippen LogP) is 1.73. The van der Waals surface area contributed by atoms with Crippen LogP contribution < -0.4 is 5.32 Å².